The molecule has 2 aliphatic carbocycles. The highest BCUT2D eigenvalue weighted by atomic mass is 16.4. The lowest BCUT2D eigenvalue weighted by molar-refractivity contribution is 0.299. The quantitative estimate of drug-likeness (QED) is 0.152. The highest BCUT2D eigenvalue weighted by Crippen LogP contribution is 2.56. The maximum Gasteiger partial charge on any atom is 0.248 e. The van der Waals surface area contributed by atoms with E-state index in [4.69, 9.17) is 4.42 Å². The van der Waals surface area contributed by atoms with Crippen LogP contribution in [0.5, 0.6) is 0 Å². The summed E-state index contributed by atoms with van der Waals surface area (Å²) in [5.41, 5.74) is 25.3. The summed E-state index contributed by atoms with van der Waals surface area (Å²) in [7, 11) is 0. The summed E-state index contributed by atoms with van der Waals surface area (Å²) in [6, 6.07) is 73.4. The van der Waals surface area contributed by atoms with Gasteiger partial charge in [0.05, 0.1) is 0 Å². The fourth-order valence-corrected chi connectivity index (χ4v) is 11.8. The average Bonchev–Trinajstić information content (AvgIpc) is 3.93. The van der Waals surface area contributed by atoms with Crippen LogP contribution in [0.15, 0.2) is 205 Å². The molecule has 9 aromatic carbocycles. The van der Waals surface area contributed by atoms with E-state index in [1.807, 2.05) is 0 Å². The summed E-state index contributed by atoms with van der Waals surface area (Å²) >= 11 is 0. The second kappa shape index (κ2) is 17.3. The lowest BCUT2D eigenvalue weighted by Gasteiger charge is -2.48. The molecule has 0 unspecified atom stereocenters. The van der Waals surface area contributed by atoms with E-state index >= 15 is 0 Å². The van der Waals surface area contributed by atoms with Crippen molar-refractivity contribution in [1.29, 1.82) is 0 Å². The van der Waals surface area contributed by atoms with Gasteiger partial charge in [0.25, 0.3) is 0 Å². The van der Waals surface area contributed by atoms with Crippen LogP contribution in [0.1, 0.15) is 88.8 Å². The molecule has 0 amide bonds. The minimum Gasteiger partial charge on any atom is -0.416 e. The van der Waals surface area contributed by atoms with E-state index in [2.05, 4.69) is 285 Å². The Kier molecular flexibility index (Phi) is 11.0. The molecule has 0 saturated carbocycles. The zero-order chi connectivity index (χ0) is 51.3. The van der Waals surface area contributed by atoms with Crippen molar-refractivity contribution in [3.63, 3.8) is 0 Å². The first-order chi connectivity index (χ1) is 35.5. The van der Waals surface area contributed by atoms with Crippen LogP contribution in [0, 0.1) is 13.8 Å². The average molecular weight is 962 g/mol. The number of anilines is 3. The normalized spacial score (nSPS) is 15.3. The second-order valence-electron chi connectivity index (χ2n) is 23.0. The van der Waals surface area contributed by atoms with Gasteiger partial charge in [0, 0.05) is 28.2 Å². The van der Waals surface area contributed by atoms with Crippen LogP contribution in [-0.4, -0.2) is 10.2 Å². The molecule has 0 atom stereocenters. The molecule has 12 rings (SSSR count). The molecule has 0 saturated heterocycles. The Morgan fingerprint density at radius 1 is 0.297 bits per heavy atom. The predicted octanol–water partition coefficient (Wildman–Crippen LogP) is 19.0. The molecule has 0 N–H and O–H groups in total. The number of nitrogens with zero attached hydrogens (tertiary/aromatic N) is 3. The van der Waals surface area contributed by atoms with Gasteiger partial charge in [-0.3, -0.25) is 0 Å². The smallest absolute Gasteiger partial charge is 0.248 e. The molecule has 4 nitrogen and oxygen atoms in total. The Morgan fingerprint density at radius 3 is 1.00 bits per heavy atom. The zero-order valence-electron chi connectivity index (χ0n) is 44.3. The number of fused-ring (bicyclic) bond motifs is 6. The van der Waals surface area contributed by atoms with Crippen molar-refractivity contribution in [2.45, 2.75) is 90.9 Å². The Bertz CT molecular complexity index is 3760. The number of aryl methyl sites for hydroxylation is 2. The van der Waals surface area contributed by atoms with Crippen molar-refractivity contribution >= 4 is 17.1 Å². The van der Waals surface area contributed by atoms with Crippen molar-refractivity contribution in [3.05, 3.63) is 234 Å². The lowest BCUT2D eigenvalue weighted by atomic mass is 9.55. The number of hydrogen-bond acceptors (Lipinski definition) is 4. The van der Waals surface area contributed by atoms with Gasteiger partial charge in [0.2, 0.25) is 11.8 Å². The Hall–Kier alpha value is -8.08. The van der Waals surface area contributed by atoms with Gasteiger partial charge in [0.15, 0.2) is 0 Å². The third kappa shape index (κ3) is 7.56. The Labute approximate surface area is 437 Å². The largest absolute Gasteiger partial charge is 0.416 e. The number of para-hydroxylation sites is 1. The highest BCUT2D eigenvalue weighted by Gasteiger charge is 2.47. The minimum atomic E-state index is -0.155. The van der Waals surface area contributed by atoms with E-state index in [1.165, 1.54) is 77.9 Å². The van der Waals surface area contributed by atoms with Crippen LogP contribution >= 0.6 is 0 Å². The predicted molar refractivity (Wildman–Crippen MR) is 309 cm³/mol. The molecule has 2 aliphatic rings. The number of hydrogen-bond donors (Lipinski definition) is 0. The summed E-state index contributed by atoms with van der Waals surface area (Å²) in [5, 5.41) is 9.00. The third-order valence-electron chi connectivity index (χ3n) is 17.8. The fourth-order valence-electron chi connectivity index (χ4n) is 11.8. The molecule has 1 aromatic heterocycles. The van der Waals surface area contributed by atoms with Crippen molar-refractivity contribution in [2.24, 2.45) is 0 Å². The van der Waals surface area contributed by atoms with Crippen molar-refractivity contribution in [1.82, 2.24) is 10.2 Å². The SMILES string of the molecule is Cc1ccc(N(c2ccccc2)c2ccc(-c3ccc4c(c3)C(C)(C)C(C)(C)c3cc(-c5ccc(-c6nnc(-c7ccc(-c8ccc9c(c8)C(C)(C)C(C)(C)c8cc(C)ccc8-9)cc7)o6)cc5)ccc3-4)cc2)cc1. The molecular weight excluding hydrogens is 899 g/mol. The van der Waals surface area contributed by atoms with E-state index in [9.17, 15) is 0 Å². The van der Waals surface area contributed by atoms with E-state index in [0.717, 1.165) is 39.3 Å². The maximum absolute atomic E-state index is 6.33. The van der Waals surface area contributed by atoms with E-state index in [-0.39, 0.29) is 21.7 Å². The summed E-state index contributed by atoms with van der Waals surface area (Å²) in [4.78, 5) is 2.32. The molecule has 4 heteroatoms. The van der Waals surface area contributed by atoms with Crippen LogP contribution in [0.4, 0.5) is 17.1 Å². The molecular formula is C70H63N3O. The monoisotopic (exact) mass is 961 g/mol. The molecule has 364 valence electrons. The van der Waals surface area contributed by atoms with Crippen LogP contribution in [0.3, 0.4) is 0 Å². The lowest BCUT2D eigenvalue weighted by Crippen LogP contribution is -2.43. The molecule has 1 heterocycles. The van der Waals surface area contributed by atoms with Gasteiger partial charge in [-0.05, 0) is 192 Å². The first-order valence-corrected chi connectivity index (χ1v) is 26.1. The van der Waals surface area contributed by atoms with Gasteiger partial charge in [0.1, 0.15) is 0 Å². The van der Waals surface area contributed by atoms with Gasteiger partial charge in [-0.25, -0.2) is 0 Å². The zero-order valence-corrected chi connectivity index (χ0v) is 44.3. The summed E-state index contributed by atoms with van der Waals surface area (Å²) in [5.74, 6) is 1.01. The second-order valence-corrected chi connectivity index (χ2v) is 23.0. The fraction of sp³-hybridized carbons (Fsp3) is 0.200. The first-order valence-electron chi connectivity index (χ1n) is 26.1. The Balaban J connectivity index is 0.776. The Morgan fingerprint density at radius 2 is 0.595 bits per heavy atom. The number of benzene rings is 9. The molecule has 10 aromatic rings. The van der Waals surface area contributed by atoms with Crippen molar-refractivity contribution in [3.8, 4) is 78.5 Å². The highest BCUT2D eigenvalue weighted by molar-refractivity contribution is 5.85. The van der Waals surface area contributed by atoms with Crippen LogP contribution in [0.2, 0.25) is 0 Å². The van der Waals surface area contributed by atoms with Crippen molar-refractivity contribution < 1.29 is 4.42 Å². The topological polar surface area (TPSA) is 42.2 Å². The maximum atomic E-state index is 6.33. The molecule has 0 radical (unpaired) electrons. The van der Waals surface area contributed by atoms with Gasteiger partial charge < -0.3 is 9.32 Å². The third-order valence-corrected chi connectivity index (χ3v) is 17.8. The van der Waals surface area contributed by atoms with Gasteiger partial charge >= 0.3 is 0 Å². The summed E-state index contributed by atoms with van der Waals surface area (Å²) < 4.78 is 6.33. The van der Waals surface area contributed by atoms with Crippen LogP contribution in [0.25, 0.3) is 78.5 Å². The van der Waals surface area contributed by atoms with Gasteiger partial charge in [-0.15, -0.1) is 10.2 Å². The van der Waals surface area contributed by atoms with E-state index in [1.54, 1.807) is 0 Å². The first kappa shape index (κ1) is 47.0. The number of aromatic nitrogens is 2. The van der Waals surface area contributed by atoms with E-state index < -0.39 is 0 Å². The van der Waals surface area contributed by atoms with Crippen LogP contribution < -0.4 is 4.90 Å². The number of rotatable bonds is 8. The standard InChI is InChI=1S/C70H63N3O/c1-44-16-32-55(33-17-44)73(54-14-12-11-13-15-54)56-34-27-48(28-35-56)53-31-39-60-59-38-30-52(42-63(59)69(7,8)70(9,10)64(60)43-53)47-21-25-50(26-22-47)66-72-71-65(74-66)49-23-19-46(20-24-49)51-29-37-58-57-36-18-45(2)40-61(57)67(3,4)68(5,6)62(58)41-51/h11-43H,1-10H3. The van der Waals surface area contributed by atoms with E-state index in [0.29, 0.717) is 11.8 Å². The summed E-state index contributed by atoms with van der Waals surface area (Å²) in [6.45, 7) is 23.5. The molecule has 0 bridgehead atoms. The van der Waals surface area contributed by atoms with Gasteiger partial charge in [-0.2, -0.15) is 0 Å². The molecule has 0 fully saturated rings. The molecule has 74 heavy (non-hydrogen) atoms. The minimum absolute atomic E-state index is 0.0254. The van der Waals surface area contributed by atoms with Crippen LogP contribution in [-0.2, 0) is 21.7 Å². The van der Waals surface area contributed by atoms with Crippen molar-refractivity contribution in [2.75, 3.05) is 4.90 Å². The van der Waals surface area contributed by atoms with Gasteiger partial charge in [-0.1, -0.05) is 188 Å². The molecule has 0 spiro atoms. The molecule has 0 aliphatic heterocycles. The summed E-state index contributed by atoms with van der Waals surface area (Å²) in [6.07, 6.45) is 0.